The number of H-pyrrole nitrogens is 2. The van der Waals surface area contributed by atoms with E-state index in [0.29, 0.717) is 0 Å². The molecule has 0 radical (unpaired) electrons. The van der Waals surface area contributed by atoms with Gasteiger partial charge < -0.3 is 76.5 Å². The van der Waals surface area contributed by atoms with Crippen LogP contribution in [-0.4, -0.2) is 131 Å². The lowest BCUT2D eigenvalue weighted by Gasteiger charge is -2.36. The molecule has 24 heteroatoms. The van der Waals surface area contributed by atoms with Gasteiger partial charge in [0.2, 0.25) is 31.9 Å². The second-order valence-electron chi connectivity index (χ2n) is 26.6. The Morgan fingerprint density at radius 3 is 1.22 bits per heavy atom. The highest BCUT2D eigenvalue weighted by Gasteiger charge is 2.51. The Bertz CT molecular complexity index is 4070. The predicted molar refractivity (Wildman–Crippen MR) is 374 cm³/mol. The Balaban J connectivity index is 0.000000250. The number of aromatic nitrogens is 2. The zero-order valence-electron chi connectivity index (χ0n) is 56.7. The van der Waals surface area contributed by atoms with E-state index < -0.39 is 91.6 Å². The molecule has 2 fully saturated rings. The van der Waals surface area contributed by atoms with Gasteiger partial charge in [-0.1, -0.05) is 142 Å². The molecule has 98 heavy (non-hydrogen) atoms. The zero-order chi connectivity index (χ0) is 69.7. The van der Waals surface area contributed by atoms with Crippen LogP contribution in [0.25, 0.3) is 21.8 Å². The van der Waals surface area contributed by atoms with E-state index in [4.69, 9.17) is 23.4 Å². The second-order valence-corrected chi connectivity index (χ2v) is 31.3. The summed E-state index contributed by atoms with van der Waals surface area (Å²) in [7, 11) is -2.05. The Kier molecular flexibility index (Phi) is 24.3. The van der Waals surface area contributed by atoms with Crippen LogP contribution < -0.4 is 42.5 Å². The number of carbonyl (C=O) groups excluding carboxylic acids is 8. The normalized spacial score (nSPS) is 17.2. The SMILES string of the molecule is C[C@@H](NC(=O)OCc1ccccc1)C(=O)N[C@@H](Cc1c[nH]c2ccccc12)C(=O)N[C@@H](Cc1ccc(O)cc1)C(=O)[C@@]1(C)CO1.C[C@@H](NC(=O)OCc1ccccc1)C(=O)N[C@@H](Cc1c[nH]c2ccccc12)C(=O)N[C@@H](Cc1ccc(O[Si](C)(C)C(C)(C)C)cc1)C(=O)[C@@]1(C)CO1.N. The van der Waals surface area contributed by atoms with Gasteiger partial charge in [0.15, 0.2) is 11.6 Å². The topological polar surface area (TPSA) is 348 Å². The number of ketones is 2. The summed E-state index contributed by atoms with van der Waals surface area (Å²) in [5, 5.41) is 27.9. The Morgan fingerprint density at radius 2 is 0.847 bits per heavy atom. The molecule has 4 heterocycles. The minimum absolute atomic E-state index is 0. The lowest BCUT2D eigenvalue weighted by molar-refractivity contribution is -0.133. The van der Waals surface area contributed by atoms with Crippen molar-refractivity contribution >= 4 is 77.5 Å². The molecule has 518 valence electrons. The molecule has 6 amide bonds. The van der Waals surface area contributed by atoms with Gasteiger partial charge in [-0.2, -0.15) is 0 Å². The number of benzene rings is 6. The molecule has 2 aliphatic heterocycles. The van der Waals surface area contributed by atoms with Crippen molar-refractivity contribution in [3.63, 3.8) is 0 Å². The summed E-state index contributed by atoms with van der Waals surface area (Å²) < 4.78 is 27.8. The van der Waals surface area contributed by atoms with Crippen LogP contribution in [-0.2, 0) is 86.6 Å². The summed E-state index contributed by atoms with van der Waals surface area (Å²) >= 11 is 0. The third-order valence-corrected chi connectivity index (χ3v) is 22.1. The number of phenolic OH excluding ortho intramolecular Hbond substituents is 1. The number of hydrogen-bond acceptors (Lipinski definition) is 15. The maximum absolute atomic E-state index is 14.1. The van der Waals surface area contributed by atoms with Gasteiger partial charge in [-0.15, -0.1) is 0 Å². The van der Waals surface area contributed by atoms with Crippen LogP contribution in [0.15, 0.2) is 170 Å². The molecular weight excluding hydrogens is 1270 g/mol. The highest BCUT2D eigenvalue weighted by Crippen LogP contribution is 2.38. The molecular formula is C74H89N9O14Si. The van der Waals surface area contributed by atoms with Crippen LogP contribution in [0.1, 0.15) is 81.8 Å². The number of fused-ring (bicyclic) bond motifs is 2. The third kappa shape index (κ3) is 20.0. The van der Waals surface area contributed by atoms with Gasteiger partial charge in [-0.25, -0.2) is 9.59 Å². The van der Waals surface area contributed by atoms with E-state index in [0.717, 1.165) is 60.9 Å². The van der Waals surface area contributed by atoms with E-state index in [2.05, 4.69) is 75.7 Å². The monoisotopic (exact) mass is 1360 g/mol. The van der Waals surface area contributed by atoms with E-state index in [1.165, 1.54) is 26.0 Å². The molecule has 0 unspecified atom stereocenters. The quantitative estimate of drug-likeness (QED) is 0.0161. The Labute approximate surface area is 570 Å². The summed E-state index contributed by atoms with van der Waals surface area (Å²) in [6.07, 6.45) is 2.63. The number of aromatic hydroxyl groups is 1. The van der Waals surface area contributed by atoms with Crippen molar-refractivity contribution in [3.05, 3.63) is 203 Å². The van der Waals surface area contributed by atoms with Gasteiger partial charge in [0.1, 0.15) is 60.1 Å². The molecule has 8 aromatic rings. The number of aromatic amines is 2. The molecule has 6 aromatic carbocycles. The molecule has 12 N–H and O–H groups in total. The first-order valence-corrected chi connectivity index (χ1v) is 35.2. The van der Waals surface area contributed by atoms with Crippen LogP contribution in [0.3, 0.4) is 0 Å². The first kappa shape index (κ1) is 73.7. The van der Waals surface area contributed by atoms with E-state index >= 15 is 0 Å². The number of hydrogen-bond donors (Lipinski definition) is 10. The second kappa shape index (κ2) is 32.3. The summed E-state index contributed by atoms with van der Waals surface area (Å²) in [5.41, 5.74) is 4.47. The molecule has 8 atom stereocenters. The number of rotatable bonds is 28. The predicted octanol–water partition coefficient (Wildman–Crippen LogP) is 9.44. The number of phenols is 1. The highest BCUT2D eigenvalue weighted by atomic mass is 28.4. The van der Waals surface area contributed by atoms with Gasteiger partial charge in [0.25, 0.3) is 0 Å². The fraction of sp³-hybridized carbons (Fsp3) is 0.351. The number of Topliss-reactive ketones (excluding diaryl/α,β-unsaturated/α-hetero) is 2. The minimum atomic E-state index is -2.05. The first-order chi connectivity index (χ1) is 46.2. The lowest BCUT2D eigenvalue weighted by atomic mass is 9.94. The average molecular weight is 1360 g/mol. The standard InChI is InChI=1S/C40H50N4O7Si.C34H36N4O7.H3N/c1-26(42-38(48)49-24-28-13-9-8-10-14-28)36(46)44-34(22-29-23-41-32-16-12-11-15-31(29)32)37(47)43-33(35(45)40(5)25-50-40)21-27-17-19-30(20-18-27)51-52(6,7)39(2,3)4;1-21(36-33(43)44-19-23-8-4-3-5-9-23)31(41)38-29(17-24-18-35-27-11-7-6-10-26(24)27)32(42)37-28(30(40)34(2)20-45-34)16-22-12-14-25(39)15-13-22;/h8-20,23,26,33-34,41H,21-22,24-25H2,1-7H3,(H,42,48)(H,43,47)(H,44,46);3-15,18,21,28-29,35,39H,16-17,19-20H2,1-2H3,(H,36,43)(H,37,42)(H,38,41);1H3/t26-,33+,34+,40-;21-,28+,29+,34-;/m11./s1. The molecule has 2 aliphatic rings. The smallest absolute Gasteiger partial charge is 0.408 e. The first-order valence-electron chi connectivity index (χ1n) is 32.3. The van der Waals surface area contributed by atoms with E-state index in [1.54, 1.807) is 38.4 Å². The lowest BCUT2D eigenvalue weighted by Crippen LogP contribution is -2.57. The largest absolute Gasteiger partial charge is 0.544 e. The number of para-hydroxylation sites is 2. The van der Waals surface area contributed by atoms with Crippen LogP contribution in [0.5, 0.6) is 11.5 Å². The maximum atomic E-state index is 14.1. The van der Waals surface area contributed by atoms with Gasteiger partial charge in [-0.05, 0) is 128 Å². The number of nitrogens with one attached hydrogen (secondary N) is 8. The van der Waals surface area contributed by atoms with Crippen molar-refractivity contribution in [3.8, 4) is 11.5 Å². The van der Waals surface area contributed by atoms with Crippen molar-refractivity contribution < 1.29 is 66.8 Å². The molecule has 10 rings (SSSR count). The van der Waals surface area contributed by atoms with Gasteiger partial charge in [-0.3, -0.25) is 28.8 Å². The molecule has 23 nitrogen and oxygen atoms in total. The zero-order valence-corrected chi connectivity index (χ0v) is 57.7. The summed E-state index contributed by atoms with van der Waals surface area (Å²) in [6.45, 7) is 17.9. The average Bonchev–Trinajstić information content (AvgIpc) is 1.63. The van der Waals surface area contributed by atoms with Crippen LogP contribution in [0, 0.1) is 0 Å². The Hall–Kier alpha value is -10.1. The summed E-state index contributed by atoms with van der Waals surface area (Å²) in [6, 6.07) is 41.4. The van der Waals surface area contributed by atoms with Crippen LogP contribution in [0.2, 0.25) is 18.1 Å². The minimum Gasteiger partial charge on any atom is -0.544 e. The highest BCUT2D eigenvalue weighted by molar-refractivity contribution is 6.74. The van der Waals surface area contributed by atoms with Gasteiger partial charge >= 0.3 is 12.2 Å². The molecule has 2 saturated heterocycles. The van der Waals surface area contributed by atoms with Crippen molar-refractivity contribution in [1.29, 1.82) is 0 Å². The third-order valence-electron chi connectivity index (χ3n) is 17.7. The fourth-order valence-corrected chi connectivity index (χ4v) is 11.5. The Morgan fingerprint density at radius 1 is 0.490 bits per heavy atom. The van der Waals surface area contributed by atoms with Gasteiger partial charge in [0.05, 0.1) is 25.3 Å². The van der Waals surface area contributed by atoms with Gasteiger partial charge in [0, 0.05) is 47.0 Å². The number of ether oxygens (including phenoxy) is 4. The number of amides is 6. The van der Waals surface area contributed by atoms with Crippen molar-refractivity contribution in [2.24, 2.45) is 0 Å². The fourth-order valence-electron chi connectivity index (χ4n) is 10.5. The van der Waals surface area contributed by atoms with E-state index in [9.17, 15) is 43.5 Å². The summed E-state index contributed by atoms with van der Waals surface area (Å²) in [4.78, 5) is 113. The van der Waals surface area contributed by atoms with Crippen molar-refractivity contribution in [2.75, 3.05) is 13.2 Å². The molecule has 0 bridgehead atoms. The summed E-state index contributed by atoms with van der Waals surface area (Å²) in [5.74, 6) is -2.02. The molecule has 2 aromatic heterocycles. The van der Waals surface area contributed by atoms with Crippen LogP contribution in [0.4, 0.5) is 9.59 Å². The number of alkyl carbamates (subject to hydrolysis) is 2. The van der Waals surface area contributed by atoms with Crippen LogP contribution >= 0.6 is 0 Å². The molecule has 0 aliphatic carbocycles. The van der Waals surface area contributed by atoms with E-state index in [1.807, 2.05) is 133 Å². The molecule has 0 spiro atoms. The van der Waals surface area contributed by atoms with E-state index in [-0.39, 0.29) is 80.6 Å². The number of carbonyl (C=O) groups is 8. The van der Waals surface area contributed by atoms with Crippen molar-refractivity contribution in [2.45, 2.75) is 153 Å². The number of epoxide rings is 2. The van der Waals surface area contributed by atoms with Crippen molar-refractivity contribution in [1.82, 2.24) is 48.0 Å². The maximum Gasteiger partial charge on any atom is 0.408 e. The molecule has 0 saturated carbocycles.